The summed E-state index contributed by atoms with van der Waals surface area (Å²) < 4.78 is 0. The fraction of sp³-hybridized carbons (Fsp3) is 0.263. The Morgan fingerprint density at radius 1 is 1.20 bits per heavy atom. The van der Waals surface area contributed by atoms with Crippen LogP contribution in [0.3, 0.4) is 0 Å². The van der Waals surface area contributed by atoms with E-state index >= 15 is 0 Å². The lowest BCUT2D eigenvalue weighted by Crippen LogP contribution is -2.38. The van der Waals surface area contributed by atoms with E-state index in [4.69, 9.17) is 5.11 Å². The molecule has 2 rings (SSSR count). The predicted octanol–water partition coefficient (Wildman–Crippen LogP) is 3.00. The van der Waals surface area contributed by atoms with Crippen LogP contribution in [0, 0.1) is 11.8 Å². The van der Waals surface area contributed by atoms with Gasteiger partial charge in [0.15, 0.2) is 0 Å². The monoisotopic (exact) mass is 356 g/mol. The first kappa shape index (κ1) is 18.6. The standard InChI is InChI=1S/C19H20N2O3S/c1-14(19(23)24)21-18(22)15-8-10-16(11-9-15)20-12-4-2-3-6-17-7-5-13-25-17/h5,7-11,13-14,20H,4,6,12H2,1H3,(H,21,22)(H,23,24). The molecule has 0 fully saturated rings. The summed E-state index contributed by atoms with van der Waals surface area (Å²) in [4.78, 5) is 23.9. The van der Waals surface area contributed by atoms with E-state index in [1.807, 2.05) is 11.4 Å². The number of anilines is 1. The number of hydrogen-bond acceptors (Lipinski definition) is 4. The molecule has 0 radical (unpaired) electrons. The molecule has 0 aliphatic rings. The van der Waals surface area contributed by atoms with Crippen molar-refractivity contribution in [2.45, 2.75) is 25.8 Å². The van der Waals surface area contributed by atoms with Crippen molar-refractivity contribution in [3.05, 3.63) is 52.2 Å². The first-order chi connectivity index (χ1) is 12.1. The van der Waals surface area contributed by atoms with Gasteiger partial charge >= 0.3 is 5.97 Å². The van der Waals surface area contributed by atoms with Crippen LogP contribution >= 0.6 is 11.3 Å². The van der Waals surface area contributed by atoms with Gasteiger partial charge in [0.25, 0.3) is 5.91 Å². The summed E-state index contributed by atoms with van der Waals surface area (Å²) in [5.41, 5.74) is 1.32. The third-order valence-corrected chi connectivity index (χ3v) is 4.29. The van der Waals surface area contributed by atoms with Gasteiger partial charge in [-0.15, -0.1) is 17.3 Å². The molecule has 25 heavy (non-hydrogen) atoms. The Hall–Kier alpha value is -2.78. The van der Waals surface area contributed by atoms with E-state index in [-0.39, 0.29) is 0 Å². The zero-order chi connectivity index (χ0) is 18.1. The Morgan fingerprint density at radius 3 is 2.60 bits per heavy atom. The average Bonchev–Trinajstić information content (AvgIpc) is 3.11. The Labute approximate surface area is 151 Å². The Bertz CT molecular complexity index is 758. The van der Waals surface area contributed by atoms with E-state index in [0.29, 0.717) is 5.56 Å². The molecule has 0 aliphatic heterocycles. The molecule has 0 saturated carbocycles. The second-order valence-corrected chi connectivity index (χ2v) is 6.43. The second kappa shape index (κ2) is 9.50. The lowest BCUT2D eigenvalue weighted by molar-refractivity contribution is -0.138. The topological polar surface area (TPSA) is 78.4 Å². The van der Waals surface area contributed by atoms with Crippen LogP contribution in [-0.2, 0) is 11.2 Å². The minimum atomic E-state index is -1.06. The SMILES string of the molecule is CC(NC(=O)c1ccc(NCCC#CCc2cccs2)cc1)C(=O)O. The van der Waals surface area contributed by atoms with Gasteiger partial charge in [-0.1, -0.05) is 12.0 Å². The smallest absolute Gasteiger partial charge is 0.325 e. The van der Waals surface area contributed by atoms with Gasteiger partial charge in [0.2, 0.25) is 0 Å². The van der Waals surface area contributed by atoms with Crippen LogP contribution in [0.2, 0.25) is 0 Å². The van der Waals surface area contributed by atoms with Gasteiger partial charge in [-0.05, 0) is 42.6 Å². The van der Waals surface area contributed by atoms with E-state index in [1.165, 1.54) is 11.8 Å². The molecule has 1 aromatic heterocycles. The first-order valence-electron chi connectivity index (χ1n) is 7.92. The summed E-state index contributed by atoms with van der Waals surface area (Å²) in [6, 6.07) is 10.1. The molecule has 0 aliphatic carbocycles. The molecule has 1 aromatic carbocycles. The summed E-state index contributed by atoms with van der Waals surface area (Å²) in [6.45, 7) is 2.15. The van der Waals surface area contributed by atoms with E-state index in [1.54, 1.807) is 35.6 Å². The molecule has 1 heterocycles. The van der Waals surface area contributed by atoms with Crippen molar-refractivity contribution in [2.75, 3.05) is 11.9 Å². The summed E-state index contributed by atoms with van der Waals surface area (Å²) in [7, 11) is 0. The number of carbonyl (C=O) groups excluding carboxylic acids is 1. The molecule has 6 heteroatoms. The van der Waals surface area contributed by atoms with Crippen LogP contribution in [0.1, 0.15) is 28.6 Å². The molecule has 0 saturated heterocycles. The molecule has 1 unspecified atom stereocenters. The van der Waals surface area contributed by atoms with Crippen LogP contribution in [0.5, 0.6) is 0 Å². The van der Waals surface area contributed by atoms with E-state index in [9.17, 15) is 9.59 Å². The number of rotatable bonds is 7. The lowest BCUT2D eigenvalue weighted by atomic mass is 10.2. The van der Waals surface area contributed by atoms with Gasteiger partial charge in [0.1, 0.15) is 6.04 Å². The zero-order valence-corrected chi connectivity index (χ0v) is 14.7. The number of carboxylic acid groups (broad SMARTS) is 1. The van der Waals surface area contributed by atoms with Gasteiger partial charge in [-0.2, -0.15) is 0 Å². The van der Waals surface area contributed by atoms with Crippen molar-refractivity contribution in [3.63, 3.8) is 0 Å². The van der Waals surface area contributed by atoms with E-state index < -0.39 is 17.9 Å². The number of amides is 1. The van der Waals surface area contributed by atoms with Crippen molar-refractivity contribution >= 4 is 28.9 Å². The third-order valence-electron chi connectivity index (χ3n) is 3.41. The highest BCUT2D eigenvalue weighted by Gasteiger charge is 2.14. The van der Waals surface area contributed by atoms with Gasteiger partial charge in [0.05, 0.1) is 0 Å². The van der Waals surface area contributed by atoms with Crippen molar-refractivity contribution < 1.29 is 14.7 Å². The number of carboxylic acids is 1. The first-order valence-corrected chi connectivity index (χ1v) is 8.80. The number of benzene rings is 1. The van der Waals surface area contributed by atoms with Crippen LogP contribution in [0.4, 0.5) is 5.69 Å². The van der Waals surface area contributed by atoms with E-state index in [2.05, 4.69) is 28.5 Å². The largest absolute Gasteiger partial charge is 0.480 e. The molecule has 0 spiro atoms. The van der Waals surface area contributed by atoms with Crippen molar-refractivity contribution in [1.29, 1.82) is 0 Å². The molecule has 3 N–H and O–H groups in total. The van der Waals surface area contributed by atoms with Crippen molar-refractivity contribution in [3.8, 4) is 11.8 Å². The Balaban J connectivity index is 1.74. The average molecular weight is 356 g/mol. The van der Waals surface area contributed by atoms with Crippen molar-refractivity contribution in [1.82, 2.24) is 5.32 Å². The second-order valence-electron chi connectivity index (χ2n) is 5.40. The molecular formula is C19H20N2O3S. The third kappa shape index (κ3) is 6.32. The molecule has 130 valence electrons. The highest BCUT2D eigenvalue weighted by Crippen LogP contribution is 2.10. The highest BCUT2D eigenvalue weighted by molar-refractivity contribution is 7.09. The number of nitrogens with one attached hydrogen (secondary N) is 2. The Kier molecular flexibility index (Phi) is 7.05. The zero-order valence-electron chi connectivity index (χ0n) is 13.9. The number of thiophene rings is 1. The molecule has 5 nitrogen and oxygen atoms in total. The minimum absolute atomic E-state index is 0.402. The van der Waals surface area contributed by atoms with Crippen molar-refractivity contribution in [2.24, 2.45) is 0 Å². The fourth-order valence-corrected chi connectivity index (χ4v) is 2.65. The van der Waals surface area contributed by atoms with Gasteiger partial charge < -0.3 is 15.7 Å². The molecule has 1 amide bonds. The maximum Gasteiger partial charge on any atom is 0.325 e. The Morgan fingerprint density at radius 2 is 1.96 bits per heavy atom. The summed E-state index contributed by atoms with van der Waals surface area (Å²) in [5, 5.41) is 16.5. The normalized spacial score (nSPS) is 11.1. The predicted molar refractivity (Wildman–Crippen MR) is 99.9 cm³/mol. The molecule has 0 bridgehead atoms. The maximum atomic E-state index is 11.9. The van der Waals surface area contributed by atoms with Gasteiger partial charge in [-0.3, -0.25) is 9.59 Å². The van der Waals surface area contributed by atoms with Crippen LogP contribution in [0.15, 0.2) is 41.8 Å². The van der Waals surface area contributed by atoms with Crippen LogP contribution in [0.25, 0.3) is 0 Å². The minimum Gasteiger partial charge on any atom is -0.480 e. The summed E-state index contributed by atoms with van der Waals surface area (Å²) in [5.74, 6) is 4.81. The highest BCUT2D eigenvalue weighted by atomic mass is 32.1. The fourth-order valence-electron chi connectivity index (χ4n) is 2.00. The number of carbonyl (C=O) groups is 2. The molecule has 2 aromatic rings. The number of aliphatic carboxylic acids is 1. The van der Waals surface area contributed by atoms with Gasteiger partial charge in [-0.25, -0.2) is 0 Å². The van der Waals surface area contributed by atoms with Crippen LogP contribution in [-0.4, -0.2) is 29.6 Å². The summed E-state index contributed by atoms with van der Waals surface area (Å²) in [6.07, 6.45) is 1.53. The molecular weight excluding hydrogens is 336 g/mol. The van der Waals surface area contributed by atoms with Crippen LogP contribution < -0.4 is 10.6 Å². The van der Waals surface area contributed by atoms with Gasteiger partial charge in [0, 0.05) is 35.5 Å². The quantitative estimate of drug-likeness (QED) is 0.526. The van der Waals surface area contributed by atoms with E-state index in [0.717, 1.165) is 25.1 Å². The molecule has 1 atom stereocenters. The summed E-state index contributed by atoms with van der Waals surface area (Å²) >= 11 is 1.71. The maximum absolute atomic E-state index is 11.9. The lowest BCUT2D eigenvalue weighted by Gasteiger charge is -2.10. The number of hydrogen-bond donors (Lipinski definition) is 3.